The Morgan fingerprint density at radius 3 is 2.83 bits per heavy atom. The lowest BCUT2D eigenvalue weighted by atomic mass is 10.0. The van der Waals surface area contributed by atoms with Crippen LogP contribution in [0.2, 0.25) is 0 Å². The fraction of sp³-hybridized carbons (Fsp3) is 0.727. The van der Waals surface area contributed by atoms with Gasteiger partial charge in [0, 0.05) is 24.8 Å². The largest absolute Gasteiger partial charge is 0.435 e. The third-order valence-electron chi connectivity index (χ3n) is 3.37. The number of halogens is 3. The molecule has 102 valence electrons. The van der Waals surface area contributed by atoms with Crippen molar-refractivity contribution >= 4 is 0 Å². The van der Waals surface area contributed by atoms with E-state index < -0.39 is 11.9 Å². The number of aromatic nitrogens is 2. The zero-order valence-corrected chi connectivity index (χ0v) is 10.2. The van der Waals surface area contributed by atoms with E-state index in [0.717, 1.165) is 25.6 Å². The van der Waals surface area contributed by atoms with Gasteiger partial charge in [0.2, 0.25) is 0 Å². The quantitative estimate of drug-likeness (QED) is 0.870. The van der Waals surface area contributed by atoms with Gasteiger partial charge in [0.25, 0.3) is 0 Å². The van der Waals surface area contributed by atoms with Gasteiger partial charge in [-0.3, -0.25) is 10.00 Å². The highest BCUT2D eigenvalue weighted by Crippen LogP contribution is 2.28. The van der Waals surface area contributed by atoms with Crippen molar-refractivity contribution in [2.45, 2.75) is 32.1 Å². The van der Waals surface area contributed by atoms with Gasteiger partial charge >= 0.3 is 6.18 Å². The smallest absolute Gasteiger partial charge is 0.328 e. The van der Waals surface area contributed by atoms with Crippen molar-refractivity contribution in [2.75, 3.05) is 13.1 Å². The van der Waals surface area contributed by atoms with Crippen LogP contribution in [0.3, 0.4) is 0 Å². The van der Waals surface area contributed by atoms with Crippen molar-refractivity contribution in [3.05, 3.63) is 17.5 Å². The molecule has 1 fully saturated rings. The van der Waals surface area contributed by atoms with E-state index in [4.69, 9.17) is 5.73 Å². The maximum atomic E-state index is 12.4. The summed E-state index contributed by atoms with van der Waals surface area (Å²) in [6.45, 7) is 4.13. The minimum atomic E-state index is -4.38. The van der Waals surface area contributed by atoms with E-state index in [1.807, 2.05) is 6.92 Å². The van der Waals surface area contributed by atoms with Gasteiger partial charge in [-0.25, -0.2) is 0 Å². The van der Waals surface area contributed by atoms with Crippen LogP contribution in [0, 0.1) is 5.92 Å². The number of nitrogens with one attached hydrogen (secondary N) is 1. The van der Waals surface area contributed by atoms with Crippen LogP contribution < -0.4 is 5.73 Å². The monoisotopic (exact) mass is 262 g/mol. The lowest BCUT2D eigenvalue weighted by Crippen LogP contribution is -2.29. The third-order valence-corrected chi connectivity index (χ3v) is 3.37. The summed E-state index contributed by atoms with van der Waals surface area (Å²) in [5, 5.41) is 5.72. The Balaban J connectivity index is 1.93. The standard InChI is InChI=1S/C11H17F3N4/c1-7(15)8-2-3-18(5-8)6-9-4-10(17-16-9)11(12,13)14/h4,7-8H,2-3,5-6,15H2,1H3,(H,16,17). The van der Waals surface area contributed by atoms with Crippen LogP contribution in [0.1, 0.15) is 24.7 Å². The highest BCUT2D eigenvalue weighted by molar-refractivity contribution is 5.11. The second-order valence-corrected chi connectivity index (χ2v) is 4.92. The van der Waals surface area contributed by atoms with Gasteiger partial charge in [-0.15, -0.1) is 0 Å². The number of nitrogens with zero attached hydrogens (tertiary/aromatic N) is 2. The Morgan fingerprint density at radius 2 is 2.33 bits per heavy atom. The summed E-state index contributed by atoms with van der Waals surface area (Å²) in [5.41, 5.74) is 5.45. The molecule has 0 aromatic carbocycles. The van der Waals surface area contributed by atoms with Crippen LogP contribution >= 0.6 is 0 Å². The predicted octanol–water partition coefficient (Wildman–Crippen LogP) is 1.60. The van der Waals surface area contributed by atoms with Crippen LogP contribution in [0.5, 0.6) is 0 Å². The predicted molar refractivity (Wildman–Crippen MR) is 60.6 cm³/mol. The molecular formula is C11H17F3N4. The maximum absolute atomic E-state index is 12.4. The van der Waals surface area contributed by atoms with E-state index in [9.17, 15) is 13.2 Å². The minimum Gasteiger partial charge on any atom is -0.328 e. The van der Waals surface area contributed by atoms with E-state index in [0.29, 0.717) is 18.2 Å². The molecule has 0 bridgehead atoms. The van der Waals surface area contributed by atoms with E-state index in [1.54, 1.807) is 0 Å². The lowest BCUT2D eigenvalue weighted by molar-refractivity contribution is -0.141. The number of H-pyrrole nitrogens is 1. The highest BCUT2D eigenvalue weighted by atomic mass is 19.4. The molecule has 2 atom stereocenters. The van der Waals surface area contributed by atoms with Crippen molar-refractivity contribution in [3.8, 4) is 0 Å². The molecule has 3 N–H and O–H groups in total. The maximum Gasteiger partial charge on any atom is 0.435 e. The van der Waals surface area contributed by atoms with E-state index in [-0.39, 0.29) is 6.04 Å². The summed E-state index contributed by atoms with van der Waals surface area (Å²) in [5.74, 6) is 0.426. The Labute approximate surface area is 103 Å². The second kappa shape index (κ2) is 4.89. The van der Waals surface area contributed by atoms with Crippen molar-refractivity contribution < 1.29 is 13.2 Å². The molecule has 1 aromatic heterocycles. The van der Waals surface area contributed by atoms with Crippen LogP contribution in [0.4, 0.5) is 13.2 Å². The molecule has 1 saturated heterocycles. The first kappa shape index (κ1) is 13.4. The minimum absolute atomic E-state index is 0.127. The number of alkyl halides is 3. The average molecular weight is 262 g/mol. The lowest BCUT2D eigenvalue weighted by Gasteiger charge is -2.16. The Hall–Kier alpha value is -1.08. The molecule has 0 radical (unpaired) electrons. The second-order valence-electron chi connectivity index (χ2n) is 4.92. The average Bonchev–Trinajstić information content (AvgIpc) is 2.85. The first-order valence-corrected chi connectivity index (χ1v) is 5.95. The Morgan fingerprint density at radius 1 is 1.61 bits per heavy atom. The van der Waals surface area contributed by atoms with Crippen molar-refractivity contribution in [3.63, 3.8) is 0 Å². The van der Waals surface area contributed by atoms with E-state index in [1.165, 1.54) is 0 Å². The summed E-state index contributed by atoms with van der Waals surface area (Å²) in [6.07, 6.45) is -3.38. The number of aromatic amines is 1. The summed E-state index contributed by atoms with van der Waals surface area (Å²) in [4.78, 5) is 2.10. The van der Waals surface area contributed by atoms with Crippen LogP contribution in [-0.2, 0) is 12.7 Å². The van der Waals surface area contributed by atoms with E-state index in [2.05, 4.69) is 15.1 Å². The Bertz CT molecular complexity index is 399. The zero-order valence-electron chi connectivity index (χ0n) is 10.2. The van der Waals surface area contributed by atoms with Gasteiger partial charge < -0.3 is 5.73 Å². The Kier molecular flexibility index (Phi) is 3.63. The molecule has 2 heterocycles. The molecule has 0 spiro atoms. The number of hydrogen-bond donors (Lipinski definition) is 2. The molecule has 4 nitrogen and oxygen atoms in total. The molecule has 7 heteroatoms. The van der Waals surface area contributed by atoms with Gasteiger partial charge in [0.05, 0.1) is 0 Å². The molecule has 0 aliphatic carbocycles. The summed E-state index contributed by atoms with van der Waals surface area (Å²) in [6, 6.07) is 1.20. The number of likely N-dealkylation sites (tertiary alicyclic amines) is 1. The molecule has 1 aliphatic heterocycles. The van der Waals surface area contributed by atoms with Crippen LogP contribution in [0.15, 0.2) is 6.07 Å². The number of hydrogen-bond acceptors (Lipinski definition) is 3. The zero-order chi connectivity index (χ0) is 13.3. The topological polar surface area (TPSA) is 57.9 Å². The molecule has 2 rings (SSSR count). The van der Waals surface area contributed by atoms with Gasteiger partial charge in [0.15, 0.2) is 5.69 Å². The van der Waals surface area contributed by atoms with Crippen molar-refractivity contribution in [2.24, 2.45) is 11.7 Å². The fourth-order valence-electron chi connectivity index (χ4n) is 2.26. The highest BCUT2D eigenvalue weighted by Gasteiger charge is 2.34. The van der Waals surface area contributed by atoms with Crippen LogP contribution in [-0.4, -0.2) is 34.2 Å². The molecule has 0 amide bonds. The molecule has 1 aromatic rings. The van der Waals surface area contributed by atoms with Gasteiger partial charge in [-0.2, -0.15) is 18.3 Å². The van der Waals surface area contributed by atoms with Crippen LogP contribution in [0.25, 0.3) is 0 Å². The normalized spacial score (nSPS) is 23.5. The first-order chi connectivity index (χ1) is 8.36. The van der Waals surface area contributed by atoms with Crippen molar-refractivity contribution in [1.82, 2.24) is 15.1 Å². The first-order valence-electron chi connectivity index (χ1n) is 5.95. The fourth-order valence-corrected chi connectivity index (χ4v) is 2.26. The molecule has 18 heavy (non-hydrogen) atoms. The van der Waals surface area contributed by atoms with E-state index >= 15 is 0 Å². The third kappa shape index (κ3) is 3.02. The molecular weight excluding hydrogens is 245 g/mol. The molecule has 0 saturated carbocycles. The van der Waals surface area contributed by atoms with Gasteiger partial charge in [-0.1, -0.05) is 0 Å². The number of nitrogens with two attached hydrogens (primary N) is 1. The molecule has 1 aliphatic rings. The molecule has 2 unspecified atom stereocenters. The SMILES string of the molecule is CC(N)C1CCN(Cc2cc(C(F)(F)F)n[nH]2)C1. The summed E-state index contributed by atoms with van der Waals surface area (Å²) < 4.78 is 37.1. The number of rotatable bonds is 3. The van der Waals surface area contributed by atoms with Gasteiger partial charge in [-0.05, 0) is 31.9 Å². The van der Waals surface area contributed by atoms with Gasteiger partial charge in [0.1, 0.15) is 0 Å². The van der Waals surface area contributed by atoms with Crippen molar-refractivity contribution in [1.29, 1.82) is 0 Å². The summed E-state index contributed by atoms with van der Waals surface area (Å²) in [7, 11) is 0. The summed E-state index contributed by atoms with van der Waals surface area (Å²) >= 11 is 0.